The Kier molecular flexibility index (Phi) is 5.24. The fraction of sp³-hybridized carbons (Fsp3) is 0.350. The molecule has 0 bridgehead atoms. The molecular weight excluding hydrogens is 314 g/mol. The van der Waals surface area contributed by atoms with Crippen molar-refractivity contribution in [2.45, 2.75) is 33.0 Å². The highest BCUT2D eigenvalue weighted by atomic mass is 16.5. The second kappa shape index (κ2) is 7.57. The number of hydrogen-bond acceptors (Lipinski definition) is 4. The summed E-state index contributed by atoms with van der Waals surface area (Å²) in [5, 5.41) is 3.48. The second-order valence-corrected chi connectivity index (χ2v) is 6.26. The van der Waals surface area contributed by atoms with Gasteiger partial charge in [-0.15, -0.1) is 0 Å². The van der Waals surface area contributed by atoms with Crippen LogP contribution < -0.4 is 14.8 Å². The number of benzene rings is 2. The highest BCUT2D eigenvalue weighted by Crippen LogP contribution is 2.24. The zero-order chi connectivity index (χ0) is 17.8. The summed E-state index contributed by atoms with van der Waals surface area (Å²) in [6.45, 7) is 5.74. The molecule has 1 N–H and O–H groups in total. The van der Waals surface area contributed by atoms with Gasteiger partial charge in [-0.3, -0.25) is 0 Å². The van der Waals surface area contributed by atoms with Crippen LogP contribution in [0.15, 0.2) is 42.5 Å². The number of ether oxygens (including phenoxy) is 2. The SMILES string of the molecule is COc1ccc(OC)c(CNCc2nc3ccccc3n2C(C)C)c1. The van der Waals surface area contributed by atoms with Gasteiger partial charge in [0.25, 0.3) is 0 Å². The number of imidazole rings is 1. The Bertz CT molecular complexity index is 855. The lowest BCUT2D eigenvalue weighted by Crippen LogP contribution is -2.18. The van der Waals surface area contributed by atoms with Crippen molar-refractivity contribution in [2.24, 2.45) is 0 Å². The molecule has 5 heteroatoms. The molecule has 3 rings (SSSR count). The lowest BCUT2D eigenvalue weighted by molar-refractivity contribution is 0.396. The van der Waals surface area contributed by atoms with E-state index in [2.05, 4.69) is 41.9 Å². The molecule has 25 heavy (non-hydrogen) atoms. The molecule has 132 valence electrons. The van der Waals surface area contributed by atoms with Crippen molar-refractivity contribution in [3.05, 3.63) is 53.9 Å². The van der Waals surface area contributed by atoms with E-state index in [-0.39, 0.29) is 0 Å². The minimum Gasteiger partial charge on any atom is -0.497 e. The van der Waals surface area contributed by atoms with Crippen LogP contribution in [0.25, 0.3) is 11.0 Å². The molecule has 1 heterocycles. The van der Waals surface area contributed by atoms with E-state index in [1.165, 1.54) is 5.52 Å². The maximum absolute atomic E-state index is 5.44. The molecule has 1 aromatic heterocycles. The van der Waals surface area contributed by atoms with Gasteiger partial charge < -0.3 is 19.4 Å². The molecule has 0 spiro atoms. The van der Waals surface area contributed by atoms with Gasteiger partial charge in [0.1, 0.15) is 17.3 Å². The van der Waals surface area contributed by atoms with E-state index in [0.29, 0.717) is 19.1 Å². The Morgan fingerprint density at radius 1 is 1.04 bits per heavy atom. The summed E-state index contributed by atoms with van der Waals surface area (Å²) in [4.78, 5) is 4.79. The van der Waals surface area contributed by atoms with Gasteiger partial charge in [0.15, 0.2) is 0 Å². The highest BCUT2D eigenvalue weighted by Gasteiger charge is 2.13. The van der Waals surface area contributed by atoms with E-state index in [1.807, 2.05) is 24.3 Å². The van der Waals surface area contributed by atoms with Crippen molar-refractivity contribution < 1.29 is 9.47 Å². The topological polar surface area (TPSA) is 48.3 Å². The van der Waals surface area contributed by atoms with Crippen LogP contribution in [0.4, 0.5) is 0 Å². The van der Waals surface area contributed by atoms with Crippen LogP contribution in [0, 0.1) is 0 Å². The van der Waals surface area contributed by atoms with Gasteiger partial charge in [-0.25, -0.2) is 4.98 Å². The first-order valence-corrected chi connectivity index (χ1v) is 8.51. The van der Waals surface area contributed by atoms with Crippen molar-refractivity contribution in [3.63, 3.8) is 0 Å². The van der Waals surface area contributed by atoms with Gasteiger partial charge >= 0.3 is 0 Å². The number of methoxy groups -OCH3 is 2. The monoisotopic (exact) mass is 339 g/mol. The van der Waals surface area contributed by atoms with Crippen LogP contribution in [-0.4, -0.2) is 23.8 Å². The Labute approximate surface area is 148 Å². The molecule has 0 aliphatic rings. The van der Waals surface area contributed by atoms with Crippen LogP contribution in [0.2, 0.25) is 0 Å². The molecule has 0 atom stereocenters. The van der Waals surface area contributed by atoms with E-state index in [1.54, 1.807) is 14.2 Å². The molecule has 0 saturated heterocycles. The van der Waals surface area contributed by atoms with Crippen molar-refractivity contribution in [1.82, 2.24) is 14.9 Å². The number of aromatic nitrogens is 2. The summed E-state index contributed by atoms with van der Waals surface area (Å²) >= 11 is 0. The average molecular weight is 339 g/mol. The summed E-state index contributed by atoms with van der Waals surface area (Å²) in [5.74, 6) is 2.72. The van der Waals surface area contributed by atoms with E-state index in [4.69, 9.17) is 14.5 Å². The Balaban J connectivity index is 1.79. The predicted octanol–water partition coefficient (Wildman–Crippen LogP) is 3.92. The quantitative estimate of drug-likeness (QED) is 0.709. The molecule has 0 radical (unpaired) electrons. The number of fused-ring (bicyclic) bond motifs is 1. The third-order valence-electron chi connectivity index (χ3n) is 4.27. The standard InChI is InChI=1S/C20H25N3O2/c1-14(2)23-18-8-6-5-7-17(18)22-20(23)13-21-12-15-11-16(24-3)9-10-19(15)25-4/h5-11,14,21H,12-13H2,1-4H3. The molecule has 3 aromatic rings. The molecular formula is C20H25N3O2. The first-order chi connectivity index (χ1) is 12.1. The highest BCUT2D eigenvalue weighted by molar-refractivity contribution is 5.76. The average Bonchev–Trinajstić information content (AvgIpc) is 3.00. The number of nitrogens with one attached hydrogen (secondary N) is 1. The van der Waals surface area contributed by atoms with Gasteiger partial charge in [-0.2, -0.15) is 0 Å². The maximum Gasteiger partial charge on any atom is 0.124 e. The van der Waals surface area contributed by atoms with Crippen LogP contribution in [0.1, 0.15) is 31.3 Å². The molecule has 0 aliphatic heterocycles. The number of rotatable bonds is 7. The van der Waals surface area contributed by atoms with Crippen molar-refractivity contribution >= 4 is 11.0 Å². The molecule has 0 fully saturated rings. The summed E-state index contributed by atoms with van der Waals surface area (Å²) in [6.07, 6.45) is 0. The molecule has 0 amide bonds. The second-order valence-electron chi connectivity index (χ2n) is 6.26. The summed E-state index contributed by atoms with van der Waals surface area (Å²) in [7, 11) is 3.35. The van der Waals surface area contributed by atoms with Gasteiger partial charge in [-0.05, 0) is 44.2 Å². The fourth-order valence-corrected chi connectivity index (χ4v) is 3.12. The molecule has 0 aliphatic carbocycles. The number of nitrogens with zero attached hydrogens (tertiary/aromatic N) is 2. The Morgan fingerprint density at radius 3 is 2.56 bits per heavy atom. The Morgan fingerprint density at radius 2 is 1.84 bits per heavy atom. The van der Waals surface area contributed by atoms with Crippen molar-refractivity contribution in [3.8, 4) is 11.5 Å². The first kappa shape index (κ1) is 17.3. The van der Waals surface area contributed by atoms with E-state index in [0.717, 1.165) is 28.4 Å². The van der Waals surface area contributed by atoms with Crippen LogP contribution in [0.3, 0.4) is 0 Å². The maximum atomic E-state index is 5.44. The van der Waals surface area contributed by atoms with Gasteiger partial charge in [0, 0.05) is 18.2 Å². The van der Waals surface area contributed by atoms with E-state index < -0.39 is 0 Å². The minimum atomic E-state index is 0.357. The largest absolute Gasteiger partial charge is 0.497 e. The zero-order valence-corrected chi connectivity index (χ0v) is 15.2. The summed E-state index contributed by atoms with van der Waals surface area (Å²) in [5.41, 5.74) is 3.27. The summed E-state index contributed by atoms with van der Waals surface area (Å²) in [6, 6.07) is 14.5. The number of hydrogen-bond donors (Lipinski definition) is 1. The van der Waals surface area contributed by atoms with Crippen LogP contribution in [0.5, 0.6) is 11.5 Å². The van der Waals surface area contributed by atoms with Gasteiger partial charge in [0.05, 0.1) is 31.8 Å². The fourth-order valence-electron chi connectivity index (χ4n) is 3.12. The van der Waals surface area contributed by atoms with E-state index in [9.17, 15) is 0 Å². The molecule has 2 aromatic carbocycles. The third-order valence-corrected chi connectivity index (χ3v) is 4.27. The zero-order valence-electron chi connectivity index (χ0n) is 15.2. The Hall–Kier alpha value is -2.53. The minimum absolute atomic E-state index is 0.357. The molecule has 5 nitrogen and oxygen atoms in total. The van der Waals surface area contributed by atoms with Gasteiger partial charge in [0.2, 0.25) is 0 Å². The van der Waals surface area contributed by atoms with Crippen LogP contribution in [-0.2, 0) is 13.1 Å². The smallest absolute Gasteiger partial charge is 0.124 e. The lowest BCUT2D eigenvalue weighted by Gasteiger charge is -2.14. The molecule has 0 unspecified atom stereocenters. The van der Waals surface area contributed by atoms with Crippen molar-refractivity contribution in [1.29, 1.82) is 0 Å². The first-order valence-electron chi connectivity index (χ1n) is 8.51. The normalized spacial score (nSPS) is 11.2. The molecule has 0 saturated carbocycles. The van der Waals surface area contributed by atoms with Crippen LogP contribution >= 0.6 is 0 Å². The van der Waals surface area contributed by atoms with Gasteiger partial charge in [-0.1, -0.05) is 12.1 Å². The third kappa shape index (κ3) is 3.61. The predicted molar refractivity (Wildman–Crippen MR) is 100 cm³/mol. The van der Waals surface area contributed by atoms with E-state index >= 15 is 0 Å². The van der Waals surface area contributed by atoms with Crippen molar-refractivity contribution in [2.75, 3.05) is 14.2 Å². The summed E-state index contributed by atoms with van der Waals surface area (Å²) < 4.78 is 13.0. The lowest BCUT2D eigenvalue weighted by atomic mass is 10.2. The number of para-hydroxylation sites is 2.